The Bertz CT molecular complexity index is 696. The highest BCUT2D eigenvalue weighted by Gasteiger charge is 2.43. The van der Waals surface area contributed by atoms with Crippen LogP contribution in [0.3, 0.4) is 0 Å². The van der Waals surface area contributed by atoms with Gasteiger partial charge in [0.2, 0.25) is 0 Å². The highest BCUT2D eigenvalue weighted by atomic mass is 16.5. The Labute approximate surface area is 140 Å². The number of aliphatic hydroxyl groups excluding tert-OH is 1. The zero-order chi connectivity index (χ0) is 18.0. The molecule has 1 aliphatic heterocycles. The summed E-state index contributed by atoms with van der Waals surface area (Å²) in [6, 6.07) is 4.44. The van der Waals surface area contributed by atoms with Gasteiger partial charge in [0.05, 0.1) is 38.4 Å². The Morgan fingerprint density at radius 1 is 1.33 bits per heavy atom. The molecule has 2 atom stereocenters. The summed E-state index contributed by atoms with van der Waals surface area (Å²) in [4.78, 5) is 25.9. The van der Waals surface area contributed by atoms with E-state index < -0.39 is 17.7 Å². The number of ketones is 1. The van der Waals surface area contributed by atoms with Crippen LogP contribution in [0.2, 0.25) is 0 Å². The van der Waals surface area contributed by atoms with Gasteiger partial charge in [0.1, 0.15) is 0 Å². The van der Waals surface area contributed by atoms with Crippen molar-refractivity contribution >= 4 is 11.7 Å². The number of methoxy groups -OCH3 is 2. The SMILES string of the molecule is COc1ccc([C@@H]2C(C(C)=O)=C(O)C(=O)N2C[C@@H](C)[NH3+])cc1OC. The molecule has 1 aliphatic rings. The van der Waals surface area contributed by atoms with E-state index in [4.69, 9.17) is 9.47 Å². The fraction of sp³-hybridized carbons (Fsp3) is 0.412. The number of nitrogens with zero attached hydrogens (tertiary/aromatic N) is 1. The molecule has 1 aromatic carbocycles. The summed E-state index contributed by atoms with van der Waals surface area (Å²) in [5.74, 6) is -0.377. The third kappa shape index (κ3) is 3.07. The van der Waals surface area contributed by atoms with Crippen LogP contribution in [0.4, 0.5) is 0 Å². The van der Waals surface area contributed by atoms with Crippen LogP contribution in [0.5, 0.6) is 11.5 Å². The number of carbonyl (C=O) groups excluding carboxylic acids is 2. The number of ether oxygens (including phenoxy) is 2. The number of hydrogen-bond donors (Lipinski definition) is 2. The summed E-state index contributed by atoms with van der Waals surface area (Å²) < 4.78 is 10.5. The number of benzene rings is 1. The van der Waals surface area contributed by atoms with Crippen molar-refractivity contribution in [3.8, 4) is 11.5 Å². The van der Waals surface area contributed by atoms with Gasteiger partial charge in [-0.1, -0.05) is 6.07 Å². The lowest BCUT2D eigenvalue weighted by Gasteiger charge is -2.27. The number of carbonyl (C=O) groups is 2. The maximum atomic E-state index is 12.4. The molecular weight excluding hydrogens is 312 g/mol. The Hall–Kier alpha value is -2.54. The van der Waals surface area contributed by atoms with Crippen molar-refractivity contribution in [2.75, 3.05) is 20.8 Å². The van der Waals surface area contributed by atoms with Crippen LogP contribution in [0.15, 0.2) is 29.5 Å². The third-order valence-electron chi connectivity index (χ3n) is 3.91. The Morgan fingerprint density at radius 3 is 2.46 bits per heavy atom. The minimum absolute atomic E-state index is 0.0595. The predicted octanol–water partition coefficient (Wildman–Crippen LogP) is 0.619. The van der Waals surface area contributed by atoms with Gasteiger partial charge in [-0.05, 0) is 31.5 Å². The molecule has 0 bridgehead atoms. The third-order valence-corrected chi connectivity index (χ3v) is 3.91. The number of amides is 1. The van der Waals surface area contributed by atoms with Crippen LogP contribution in [-0.4, -0.2) is 48.5 Å². The standard InChI is InChI=1S/C17H22N2O5/c1-9(18)8-19-15(14(10(2)20)16(21)17(19)22)11-5-6-12(23-3)13(7-11)24-4/h5-7,9,15,21H,8,18H2,1-4H3/p+1/t9-,15-/m1/s1. The molecule has 130 valence electrons. The molecule has 1 aromatic rings. The van der Waals surface area contributed by atoms with Crippen LogP contribution in [0, 0.1) is 0 Å². The molecule has 24 heavy (non-hydrogen) atoms. The summed E-state index contributed by atoms with van der Waals surface area (Å²) in [7, 11) is 3.04. The molecule has 0 saturated heterocycles. The van der Waals surface area contributed by atoms with Crippen LogP contribution in [0.1, 0.15) is 25.5 Å². The van der Waals surface area contributed by atoms with E-state index in [-0.39, 0.29) is 17.4 Å². The van der Waals surface area contributed by atoms with Crippen molar-refractivity contribution in [2.24, 2.45) is 0 Å². The average Bonchev–Trinajstić information content (AvgIpc) is 2.78. The van der Waals surface area contributed by atoms with Gasteiger partial charge in [0.25, 0.3) is 5.91 Å². The maximum Gasteiger partial charge on any atom is 0.290 e. The van der Waals surface area contributed by atoms with Gasteiger partial charge < -0.3 is 25.2 Å². The van der Waals surface area contributed by atoms with Crippen LogP contribution in [-0.2, 0) is 9.59 Å². The van der Waals surface area contributed by atoms with Crippen LogP contribution in [0.25, 0.3) is 0 Å². The second-order valence-corrected chi connectivity index (χ2v) is 5.90. The highest BCUT2D eigenvalue weighted by molar-refractivity contribution is 6.08. The molecule has 0 fully saturated rings. The van der Waals surface area contributed by atoms with E-state index in [1.165, 1.54) is 26.0 Å². The zero-order valence-electron chi connectivity index (χ0n) is 14.3. The van der Waals surface area contributed by atoms with E-state index in [1.54, 1.807) is 18.2 Å². The number of quaternary nitrogens is 1. The van der Waals surface area contributed by atoms with Crippen molar-refractivity contribution in [1.29, 1.82) is 0 Å². The molecule has 0 aromatic heterocycles. The first-order chi connectivity index (χ1) is 11.3. The van der Waals surface area contributed by atoms with Crippen LogP contribution < -0.4 is 15.2 Å². The van der Waals surface area contributed by atoms with Crippen molar-refractivity contribution in [3.63, 3.8) is 0 Å². The summed E-state index contributed by atoms with van der Waals surface area (Å²) in [5, 5.41) is 10.2. The first-order valence-corrected chi connectivity index (χ1v) is 7.61. The topological polar surface area (TPSA) is 104 Å². The Balaban J connectivity index is 2.57. The van der Waals surface area contributed by atoms with Gasteiger partial charge in [-0.3, -0.25) is 9.59 Å². The maximum absolute atomic E-state index is 12.4. The van der Waals surface area contributed by atoms with E-state index in [0.29, 0.717) is 23.6 Å². The van der Waals surface area contributed by atoms with Gasteiger partial charge >= 0.3 is 0 Å². The monoisotopic (exact) mass is 335 g/mol. The number of aliphatic hydroxyl groups is 1. The average molecular weight is 335 g/mol. The first-order valence-electron chi connectivity index (χ1n) is 7.61. The van der Waals surface area contributed by atoms with Gasteiger partial charge in [-0.2, -0.15) is 0 Å². The predicted molar refractivity (Wildman–Crippen MR) is 86.7 cm³/mol. The highest BCUT2D eigenvalue weighted by Crippen LogP contribution is 2.40. The summed E-state index contributed by atoms with van der Waals surface area (Å²) in [5.41, 5.74) is 4.65. The zero-order valence-corrected chi connectivity index (χ0v) is 14.3. The van der Waals surface area contributed by atoms with Crippen LogP contribution >= 0.6 is 0 Å². The first kappa shape index (κ1) is 17.8. The van der Waals surface area contributed by atoms with E-state index in [2.05, 4.69) is 5.73 Å². The molecule has 0 radical (unpaired) electrons. The van der Waals surface area contributed by atoms with Crippen molar-refractivity contribution in [1.82, 2.24) is 4.90 Å². The fourth-order valence-corrected chi connectivity index (χ4v) is 2.91. The lowest BCUT2D eigenvalue weighted by atomic mass is 9.96. The van der Waals surface area contributed by atoms with E-state index in [0.717, 1.165) is 0 Å². The molecule has 0 unspecified atom stereocenters. The lowest BCUT2D eigenvalue weighted by molar-refractivity contribution is -0.415. The van der Waals surface area contributed by atoms with Gasteiger partial charge in [0, 0.05) is 0 Å². The molecule has 1 heterocycles. The van der Waals surface area contributed by atoms with Gasteiger partial charge in [-0.25, -0.2) is 0 Å². The quantitative estimate of drug-likeness (QED) is 0.793. The molecule has 2 rings (SSSR count). The number of rotatable bonds is 6. The normalized spacial score (nSPS) is 18.8. The van der Waals surface area contributed by atoms with Gasteiger partial charge in [-0.15, -0.1) is 0 Å². The minimum Gasteiger partial charge on any atom is -0.503 e. The minimum atomic E-state index is -0.668. The van der Waals surface area contributed by atoms with Crippen molar-refractivity contribution < 1.29 is 29.9 Å². The molecule has 0 saturated carbocycles. The summed E-state index contributed by atoms with van der Waals surface area (Å²) in [6.45, 7) is 3.52. The van der Waals surface area contributed by atoms with E-state index >= 15 is 0 Å². The fourth-order valence-electron chi connectivity index (χ4n) is 2.91. The van der Waals surface area contributed by atoms with Crippen molar-refractivity contribution in [2.45, 2.75) is 25.9 Å². The van der Waals surface area contributed by atoms with Crippen molar-refractivity contribution in [3.05, 3.63) is 35.1 Å². The summed E-state index contributed by atoms with van der Waals surface area (Å²) in [6.07, 6.45) is 0. The lowest BCUT2D eigenvalue weighted by Crippen LogP contribution is -2.63. The number of hydrogen-bond acceptors (Lipinski definition) is 5. The Kier molecular flexibility index (Phi) is 5.14. The molecule has 1 amide bonds. The van der Waals surface area contributed by atoms with E-state index in [1.807, 2.05) is 6.92 Å². The smallest absolute Gasteiger partial charge is 0.290 e. The molecule has 0 spiro atoms. The Morgan fingerprint density at radius 2 is 1.96 bits per heavy atom. The molecular formula is C17H23N2O5+. The van der Waals surface area contributed by atoms with Gasteiger partial charge in [0.15, 0.2) is 23.0 Å². The second kappa shape index (κ2) is 6.92. The molecule has 7 heteroatoms. The largest absolute Gasteiger partial charge is 0.503 e. The second-order valence-electron chi connectivity index (χ2n) is 5.90. The number of Topliss-reactive ketones (excluding diaryl/α,β-unsaturated/α-hetero) is 1. The molecule has 7 nitrogen and oxygen atoms in total. The summed E-state index contributed by atoms with van der Waals surface area (Å²) >= 11 is 0. The molecule has 4 N–H and O–H groups in total. The van der Waals surface area contributed by atoms with E-state index in [9.17, 15) is 14.7 Å². The molecule has 0 aliphatic carbocycles.